The summed E-state index contributed by atoms with van der Waals surface area (Å²) in [5, 5.41) is 11.7. The van der Waals surface area contributed by atoms with E-state index in [1.807, 2.05) is 36.5 Å². The van der Waals surface area contributed by atoms with Crippen LogP contribution in [-0.2, 0) is 0 Å². The van der Waals surface area contributed by atoms with Gasteiger partial charge in [-0.2, -0.15) is 10.2 Å². The normalized spacial score (nSPS) is 10.4. The van der Waals surface area contributed by atoms with Gasteiger partial charge in [-0.15, -0.1) is 5.10 Å². The molecule has 2 N–H and O–H groups in total. The molecule has 1 aromatic carbocycles. The van der Waals surface area contributed by atoms with E-state index in [2.05, 4.69) is 20.3 Å². The first-order valence-electron chi connectivity index (χ1n) is 5.38. The van der Waals surface area contributed by atoms with Gasteiger partial charge in [-0.25, -0.2) is 9.67 Å². The van der Waals surface area contributed by atoms with Crippen LogP contribution in [0.2, 0.25) is 0 Å². The molecule has 0 amide bonds. The second-order valence-corrected chi connectivity index (χ2v) is 3.71. The topological polar surface area (TPSA) is 82.5 Å². The van der Waals surface area contributed by atoms with Gasteiger partial charge in [0.25, 0.3) is 0 Å². The molecule has 18 heavy (non-hydrogen) atoms. The number of hydrogen-bond acceptors (Lipinski definition) is 5. The standard InChI is InChI=1S/C12H10N6/c13-12-16-11(7-14-17-12)9-6-15-18(8-9)10-4-2-1-3-5-10/h1-8H,(H2,13,16,17). The van der Waals surface area contributed by atoms with Gasteiger partial charge < -0.3 is 5.73 Å². The summed E-state index contributed by atoms with van der Waals surface area (Å²) >= 11 is 0. The minimum atomic E-state index is 0.153. The summed E-state index contributed by atoms with van der Waals surface area (Å²) in [6.07, 6.45) is 5.15. The summed E-state index contributed by atoms with van der Waals surface area (Å²) in [5.41, 5.74) is 7.99. The van der Waals surface area contributed by atoms with E-state index in [1.54, 1.807) is 17.1 Å². The SMILES string of the molecule is Nc1nncc(-c2cnn(-c3ccccc3)c2)n1. The highest BCUT2D eigenvalue weighted by molar-refractivity contribution is 5.57. The number of para-hydroxylation sites is 1. The summed E-state index contributed by atoms with van der Waals surface area (Å²) in [4.78, 5) is 4.10. The smallest absolute Gasteiger partial charge is 0.240 e. The third-order valence-corrected chi connectivity index (χ3v) is 2.47. The molecule has 0 saturated heterocycles. The first kappa shape index (κ1) is 10.4. The molecule has 0 bridgehead atoms. The number of rotatable bonds is 2. The van der Waals surface area contributed by atoms with E-state index in [-0.39, 0.29) is 5.95 Å². The van der Waals surface area contributed by atoms with Crippen LogP contribution in [0.15, 0.2) is 48.9 Å². The highest BCUT2D eigenvalue weighted by atomic mass is 15.3. The first-order chi connectivity index (χ1) is 8.83. The Balaban J connectivity index is 2.00. The zero-order valence-corrected chi connectivity index (χ0v) is 9.43. The highest BCUT2D eigenvalue weighted by Gasteiger charge is 2.05. The molecule has 2 heterocycles. The van der Waals surface area contributed by atoms with Crippen molar-refractivity contribution >= 4 is 5.95 Å². The lowest BCUT2D eigenvalue weighted by molar-refractivity contribution is 0.880. The Morgan fingerprint density at radius 3 is 2.67 bits per heavy atom. The van der Waals surface area contributed by atoms with E-state index < -0.39 is 0 Å². The molecule has 0 aliphatic heterocycles. The lowest BCUT2D eigenvalue weighted by atomic mass is 10.3. The fourth-order valence-electron chi connectivity index (χ4n) is 1.63. The molecular weight excluding hydrogens is 228 g/mol. The van der Waals surface area contributed by atoms with E-state index in [9.17, 15) is 0 Å². The van der Waals surface area contributed by atoms with Crippen LogP contribution in [0.25, 0.3) is 16.9 Å². The number of hydrogen-bond donors (Lipinski definition) is 1. The van der Waals surface area contributed by atoms with Crippen LogP contribution in [0, 0.1) is 0 Å². The van der Waals surface area contributed by atoms with Gasteiger partial charge in [-0.1, -0.05) is 18.2 Å². The predicted molar refractivity (Wildman–Crippen MR) is 66.8 cm³/mol. The zero-order chi connectivity index (χ0) is 12.4. The lowest BCUT2D eigenvalue weighted by Gasteiger charge is -1.99. The maximum atomic E-state index is 5.50. The number of aromatic nitrogens is 5. The number of anilines is 1. The minimum Gasteiger partial charge on any atom is -0.366 e. The van der Waals surface area contributed by atoms with Crippen molar-refractivity contribution in [3.05, 3.63) is 48.9 Å². The summed E-state index contributed by atoms with van der Waals surface area (Å²) in [6.45, 7) is 0. The van der Waals surface area contributed by atoms with Crippen LogP contribution in [-0.4, -0.2) is 25.0 Å². The first-order valence-corrected chi connectivity index (χ1v) is 5.38. The second kappa shape index (κ2) is 4.25. The Hall–Kier alpha value is -2.76. The number of benzene rings is 1. The maximum absolute atomic E-state index is 5.50. The predicted octanol–water partition coefficient (Wildman–Crippen LogP) is 1.31. The van der Waals surface area contributed by atoms with Crippen molar-refractivity contribution in [1.82, 2.24) is 25.0 Å². The van der Waals surface area contributed by atoms with Gasteiger partial charge in [-0.05, 0) is 12.1 Å². The van der Waals surface area contributed by atoms with Crippen LogP contribution < -0.4 is 5.73 Å². The van der Waals surface area contributed by atoms with E-state index in [0.717, 1.165) is 11.3 Å². The summed E-state index contributed by atoms with van der Waals surface area (Å²) in [7, 11) is 0. The Bertz CT molecular complexity index is 661. The Morgan fingerprint density at radius 2 is 1.89 bits per heavy atom. The average molecular weight is 238 g/mol. The summed E-state index contributed by atoms with van der Waals surface area (Å²) in [6, 6.07) is 9.83. The molecule has 0 spiro atoms. The van der Waals surface area contributed by atoms with Crippen molar-refractivity contribution in [2.45, 2.75) is 0 Å². The highest BCUT2D eigenvalue weighted by Crippen LogP contribution is 2.17. The van der Waals surface area contributed by atoms with E-state index in [0.29, 0.717) is 5.69 Å². The number of nitrogens with two attached hydrogens (primary N) is 1. The quantitative estimate of drug-likeness (QED) is 0.727. The van der Waals surface area contributed by atoms with E-state index in [1.165, 1.54) is 0 Å². The van der Waals surface area contributed by atoms with Gasteiger partial charge in [0.2, 0.25) is 5.95 Å². The second-order valence-electron chi connectivity index (χ2n) is 3.71. The fourth-order valence-corrected chi connectivity index (χ4v) is 1.63. The summed E-state index contributed by atoms with van der Waals surface area (Å²) in [5.74, 6) is 0.153. The average Bonchev–Trinajstić information content (AvgIpc) is 2.89. The van der Waals surface area contributed by atoms with Gasteiger partial charge in [0.1, 0.15) is 0 Å². The molecule has 3 aromatic rings. The van der Waals surface area contributed by atoms with Crippen LogP contribution >= 0.6 is 0 Å². The number of nitrogens with zero attached hydrogens (tertiary/aromatic N) is 5. The van der Waals surface area contributed by atoms with Crippen molar-refractivity contribution < 1.29 is 0 Å². The van der Waals surface area contributed by atoms with Gasteiger partial charge >= 0.3 is 0 Å². The molecule has 0 radical (unpaired) electrons. The molecule has 0 fully saturated rings. The van der Waals surface area contributed by atoms with Gasteiger partial charge in [-0.3, -0.25) is 0 Å². The molecule has 2 aromatic heterocycles. The molecule has 88 valence electrons. The lowest BCUT2D eigenvalue weighted by Crippen LogP contribution is -1.97. The largest absolute Gasteiger partial charge is 0.366 e. The summed E-state index contributed by atoms with van der Waals surface area (Å²) < 4.78 is 1.77. The third kappa shape index (κ3) is 1.91. The van der Waals surface area contributed by atoms with Crippen molar-refractivity contribution in [1.29, 1.82) is 0 Å². The monoisotopic (exact) mass is 238 g/mol. The molecule has 6 heteroatoms. The molecule has 0 unspecified atom stereocenters. The van der Waals surface area contributed by atoms with Crippen molar-refractivity contribution in [2.24, 2.45) is 0 Å². The van der Waals surface area contributed by atoms with E-state index in [4.69, 9.17) is 5.73 Å². The van der Waals surface area contributed by atoms with E-state index >= 15 is 0 Å². The van der Waals surface area contributed by atoms with Crippen molar-refractivity contribution in [3.63, 3.8) is 0 Å². The molecule has 0 saturated carbocycles. The Labute approximate surface area is 103 Å². The Kier molecular flexibility index (Phi) is 2.45. The van der Waals surface area contributed by atoms with Gasteiger partial charge in [0.05, 0.1) is 23.8 Å². The number of nitrogen functional groups attached to an aromatic ring is 1. The molecule has 0 aliphatic rings. The Morgan fingerprint density at radius 1 is 1.06 bits per heavy atom. The van der Waals surface area contributed by atoms with Crippen molar-refractivity contribution in [3.8, 4) is 16.9 Å². The maximum Gasteiger partial charge on any atom is 0.240 e. The molecular formula is C12H10N6. The van der Waals surface area contributed by atoms with Crippen LogP contribution in [0.4, 0.5) is 5.95 Å². The van der Waals surface area contributed by atoms with Gasteiger partial charge in [0, 0.05) is 11.8 Å². The minimum absolute atomic E-state index is 0.153. The van der Waals surface area contributed by atoms with Crippen LogP contribution in [0.3, 0.4) is 0 Å². The van der Waals surface area contributed by atoms with Gasteiger partial charge in [0.15, 0.2) is 0 Å². The van der Waals surface area contributed by atoms with Crippen molar-refractivity contribution in [2.75, 3.05) is 5.73 Å². The fraction of sp³-hybridized carbons (Fsp3) is 0. The molecule has 0 atom stereocenters. The zero-order valence-electron chi connectivity index (χ0n) is 9.43. The molecule has 0 aliphatic carbocycles. The van der Waals surface area contributed by atoms with Crippen LogP contribution in [0.1, 0.15) is 0 Å². The molecule has 6 nitrogen and oxygen atoms in total. The van der Waals surface area contributed by atoms with Crippen LogP contribution in [0.5, 0.6) is 0 Å². The third-order valence-electron chi connectivity index (χ3n) is 2.47. The molecule has 3 rings (SSSR count).